The summed E-state index contributed by atoms with van der Waals surface area (Å²) < 4.78 is 8.15. The van der Waals surface area contributed by atoms with Gasteiger partial charge in [0.25, 0.3) is 0 Å². The van der Waals surface area contributed by atoms with Gasteiger partial charge in [-0.05, 0) is 37.2 Å². The first-order valence-electron chi connectivity index (χ1n) is 7.06. The van der Waals surface area contributed by atoms with Crippen molar-refractivity contribution in [1.29, 1.82) is 0 Å². The average molecular weight is 413 g/mol. The highest BCUT2D eigenvalue weighted by Crippen LogP contribution is 2.25. The lowest BCUT2D eigenvalue weighted by Crippen LogP contribution is -2.14. The van der Waals surface area contributed by atoms with Crippen LogP contribution in [0.3, 0.4) is 0 Å². The molecule has 2 rings (SSSR count). The van der Waals surface area contributed by atoms with E-state index in [0.29, 0.717) is 6.61 Å². The minimum atomic E-state index is 0.559. The first-order chi connectivity index (χ1) is 10.2. The Morgan fingerprint density at radius 1 is 1.05 bits per heavy atom. The molecular weight excluding hydrogens is 394 g/mol. The van der Waals surface area contributed by atoms with Crippen molar-refractivity contribution in [1.82, 2.24) is 5.32 Å². The van der Waals surface area contributed by atoms with E-state index in [0.717, 1.165) is 39.8 Å². The Morgan fingerprint density at radius 3 is 2.62 bits per heavy atom. The van der Waals surface area contributed by atoms with Crippen LogP contribution in [0.1, 0.15) is 24.5 Å². The lowest BCUT2D eigenvalue weighted by atomic mass is 10.2. The number of ether oxygens (including phenoxy) is 1. The van der Waals surface area contributed by atoms with Crippen LogP contribution in [0.4, 0.5) is 0 Å². The van der Waals surface area contributed by atoms with Gasteiger partial charge in [0.2, 0.25) is 0 Å². The number of halogens is 2. The summed E-state index contributed by atoms with van der Waals surface area (Å²) in [6, 6.07) is 14.3. The average Bonchev–Trinajstić information content (AvgIpc) is 2.48. The SMILES string of the molecule is CCCNCc1cc(Br)ccc1OCc1ccccc1Br. The highest BCUT2D eigenvalue weighted by molar-refractivity contribution is 9.10. The monoisotopic (exact) mass is 411 g/mol. The molecule has 2 aromatic rings. The highest BCUT2D eigenvalue weighted by atomic mass is 79.9. The summed E-state index contributed by atoms with van der Waals surface area (Å²) >= 11 is 7.07. The van der Waals surface area contributed by atoms with Gasteiger partial charge in [-0.2, -0.15) is 0 Å². The number of nitrogens with one attached hydrogen (secondary N) is 1. The van der Waals surface area contributed by atoms with Gasteiger partial charge in [-0.3, -0.25) is 0 Å². The van der Waals surface area contributed by atoms with Crippen LogP contribution in [0.5, 0.6) is 5.75 Å². The molecule has 0 radical (unpaired) electrons. The molecule has 21 heavy (non-hydrogen) atoms. The van der Waals surface area contributed by atoms with Gasteiger partial charge in [0.05, 0.1) is 0 Å². The van der Waals surface area contributed by atoms with Crippen LogP contribution in [0.2, 0.25) is 0 Å². The van der Waals surface area contributed by atoms with Crippen LogP contribution >= 0.6 is 31.9 Å². The van der Waals surface area contributed by atoms with Crippen molar-refractivity contribution < 1.29 is 4.74 Å². The summed E-state index contributed by atoms with van der Waals surface area (Å²) in [5.74, 6) is 0.928. The Bertz CT molecular complexity index is 587. The Hall–Kier alpha value is -0.840. The van der Waals surface area contributed by atoms with E-state index in [1.165, 1.54) is 5.56 Å². The van der Waals surface area contributed by atoms with Gasteiger partial charge in [-0.25, -0.2) is 0 Å². The molecule has 1 N–H and O–H groups in total. The van der Waals surface area contributed by atoms with Crippen LogP contribution < -0.4 is 10.1 Å². The van der Waals surface area contributed by atoms with Crippen molar-refractivity contribution in [3.05, 3.63) is 62.5 Å². The fourth-order valence-corrected chi connectivity index (χ4v) is 2.81. The standard InChI is InChI=1S/C17H19Br2NO/c1-2-9-20-11-14-10-15(18)7-8-17(14)21-12-13-5-3-4-6-16(13)19/h3-8,10,20H,2,9,11-12H2,1H3. The Labute approximate surface area is 143 Å². The molecule has 0 aliphatic rings. The topological polar surface area (TPSA) is 21.3 Å². The zero-order valence-corrected chi connectivity index (χ0v) is 15.2. The van der Waals surface area contributed by atoms with E-state index >= 15 is 0 Å². The highest BCUT2D eigenvalue weighted by Gasteiger charge is 2.06. The molecule has 2 nitrogen and oxygen atoms in total. The van der Waals surface area contributed by atoms with Crippen LogP contribution in [-0.4, -0.2) is 6.54 Å². The molecule has 0 saturated heterocycles. The summed E-state index contributed by atoms with van der Waals surface area (Å²) in [5.41, 5.74) is 2.32. The molecule has 0 spiro atoms. The van der Waals surface area contributed by atoms with E-state index in [-0.39, 0.29) is 0 Å². The smallest absolute Gasteiger partial charge is 0.124 e. The third-order valence-corrected chi connectivity index (χ3v) is 4.37. The van der Waals surface area contributed by atoms with Gasteiger partial charge in [0, 0.05) is 26.6 Å². The molecule has 0 bridgehead atoms. The van der Waals surface area contributed by atoms with Crippen LogP contribution in [0.15, 0.2) is 51.4 Å². The minimum absolute atomic E-state index is 0.559. The quantitative estimate of drug-likeness (QED) is 0.623. The first kappa shape index (κ1) is 16.5. The van der Waals surface area contributed by atoms with Crippen LogP contribution in [-0.2, 0) is 13.2 Å². The van der Waals surface area contributed by atoms with Gasteiger partial charge in [-0.1, -0.05) is 57.0 Å². The molecule has 0 heterocycles. The summed E-state index contributed by atoms with van der Waals surface area (Å²) in [6.07, 6.45) is 1.13. The van der Waals surface area contributed by atoms with Crippen molar-refractivity contribution in [3.63, 3.8) is 0 Å². The molecule has 112 valence electrons. The van der Waals surface area contributed by atoms with Crippen molar-refractivity contribution in [2.75, 3.05) is 6.54 Å². The fraction of sp³-hybridized carbons (Fsp3) is 0.294. The third kappa shape index (κ3) is 5.13. The van der Waals surface area contributed by atoms with Crippen molar-refractivity contribution in [2.24, 2.45) is 0 Å². The maximum atomic E-state index is 6.00. The van der Waals surface area contributed by atoms with Gasteiger partial charge >= 0.3 is 0 Å². The normalized spacial score (nSPS) is 10.6. The van der Waals surface area contributed by atoms with Crippen molar-refractivity contribution in [2.45, 2.75) is 26.5 Å². The van der Waals surface area contributed by atoms with Gasteiger partial charge in [0.15, 0.2) is 0 Å². The van der Waals surface area contributed by atoms with Gasteiger partial charge in [-0.15, -0.1) is 0 Å². The van der Waals surface area contributed by atoms with E-state index in [4.69, 9.17) is 4.74 Å². The Kier molecular flexibility index (Phi) is 6.74. The molecule has 0 amide bonds. The molecule has 0 saturated carbocycles. The van der Waals surface area contributed by atoms with E-state index in [1.807, 2.05) is 30.3 Å². The Balaban J connectivity index is 2.06. The lowest BCUT2D eigenvalue weighted by molar-refractivity contribution is 0.301. The predicted octanol–water partition coefficient (Wildman–Crippen LogP) is 5.29. The third-order valence-electron chi connectivity index (χ3n) is 3.11. The summed E-state index contributed by atoms with van der Waals surface area (Å²) in [6.45, 7) is 4.55. The van der Waals surface area contributed by atoms with Crippen molar-refractivity contribution >= 4 is 31.9 Å². The zero-order chi connectivity index (χ0) is 15.1. The molecule has 4 heteroatoms. The number of hydrogen-bond acceptors (Lipinski definition) is 2. The van der Waals surface area contributed by atoms with Crippen LogP contribution in [0.25, 0.3) is 0 Å². The molecule has 0 unspecified atom stereocenters. The second-order valence-electron chi connectivity index (χ2n) is 4.81. The summed E-state index contributed by atoms with van der Waals surface area (Å²) in [5, 5.41) is 3.42. The maximum Gasteiger partial charge on any atom is 0.124 e. The van der Waals surface area contributed by atoms with Gasteiger partial charge in [0.1, 0.15) is 12.4 Å². The minimum Gasteiger partial charge on any atom is -0.489 e. The second kappa shape index (κ2) is 8.57. The van der Waals surface area contributed by atoms with Crippen molar-refractivity contribution in [3.8, 4) is 5.75 Å². The molecular formula is C17H19Br2NO. The summed E-state index contributed by atoms with van der Waals surface area (Å²) in [7, 11) is 0. The van der Waals surface area contributed by atoms with E-state index < -0.39 is 0 Å². The van der Waals surface area contributed by atoms with Gasteiger partial charge < -0.3 is 10.1 Å². The Morgan fingerprint density at radius 2 is 1.86 bits per heavy atom. The van der Waals surface area contributed by atoms with E-state index in [1.54, 1.807) is 0 Å². The number of rotatable bonds is 7. The molecule has 0 aliphatic heterocycles. The molecule has 0 fully saturated rings. The predicted molar refractivity (Wildman–Crippen MR) is 94.6 cm³/mol. The van der Waals surface area contributed by atoms with E-state index in [2.05, 4.69) is 56.2 Å². The largest absolute Gasteiger partial charge is 0.489 e. The maximum absolute atomic E-state index is 6.00. The number of hydrogen-bond donors (Lipinski definition) is 1. The lowest BCUT2D eigenvalue weighted by Gasteiger charge is -2.13. The second-order valence-corrected chi connectivity index (χ2v) is 6.58. The molecule has 0 aromatic heterocycles. The molecule has 0 atom stereocenters. The first-order valence-corrected chi connectivity index (χ1v) is 8.64. The molecule has 2 aromatic carbocycles. The van der Waals surface area contributed by atoms with E-state index in [9.17, 15) is 0 Å². The number of benzene rings is 2. The fourth-order valence-electron chi connectivity index (χ4n) is 2.00. The molecule has 0 aliphatic carbocycles. The summed E-state index contributed by atoms with van der Waals surface area (Å²) in [4.78, 5) is 0. The zero-order valence-electron chi connectivity index (χ0n) is 12.0. The van der Waals surface area contributed by atoms with Crippen LogP contribution in [0, 0.1) is 0 Å².